The smallest absolute Gasteiger partial charge is 0.413 e. The minimum atomic E-state index is -0.213. The molecule has 0 unspecified atom stereocenters. The highest BCUT2D eigenvalue weighted by molar-refractivity contribution is 5.70. The second-order valence-electron chi connectivity index (χ2n) is 3.54. The van der Waals surface area contributed by atoms with Crippen LogP contribution in [0.2, 0.25) is 0 Å². The van der Waals surface area contributed by atoms with Crippen LogP contribution in [0.3, 0.4) is 0 Å². The van der Waals surface area contributed by atoms with Crippen LogP contribution >= 0.6 is 0 Å². The Bertz CT molecular complexity index is 201. The fraction of sp³-hybridized carbons (Fsp3) is 0.727. The van der Waals surface area contributed by atoms with Crippen molar-refractivity contribution in [2.24, 2.45) is 0 Å². The van der Waals surface area contributed by atoms with E-state index in [1.54, 1.807) is 4.90 Å². The molecule has 0 bridgehead atoms. The number of unbranched alkanes of at least 4 members (excludes halogenated alkanes) is 4. The maximum Gasteiger partial charge on any atom is 0.413 e. The van der Waals surface area contributed by atoms with Gasteiger partial charge in [-0.15, -0.1) is 0 Å². The lowest BCUT2D eigenvalue weighted by atomic mass is 10.1. The fourth-order valence-corrected chi connectivity index (χ4v) is 1.43. The third-order valence-electron chi connectivity index (χ3n) is 2.30. The number of hydrogen-bond acceptors (Lipinski definition) is 2. The van der Waals surface area contributed by atoms with Gasteiger partial charge in [-0.3, -0.25) is 4.90 Å². The molecule has 3 nitrogen and oxygen atoms in total. The van der Waals surface area contributed by atoms with E-state index < -0.39 is 0 Å². The summed E-state index contributed by atoms with van der Waals surface area (Å²) in [4.78, 5) is 12.6. The molecule has 1 heterocycles. The van der Waals surface area contributed by atoms with Gasteiger partial charge in [0.05, 0.1) is 6.54 Å². The second-order valence-corrected chi connectivity index (χ2v) is 3.54. The first-order valence-corrected chi connectivity index (χ1v) is 5.44. The molecule has 0 aromatic heterocycles. The minimum absolute atomic E-state index is 0.213. The van der Waals surface area contributed by atoms with Gasteiger partial charge < -0.3 is 4.74 Å². The molecule has 3 heteroatoms. The Kier molecular flexibility index (Phi) is 5.12. The molecule has 1 amide bonds. The van der Waals surface area contributed by atoms with Crippen molar-refractivity contribution in [3.63, 3.8) is 0 Å². The summed E-state index contributed by atoms with van der Waals surface area (Å²) in [5.41, 5.74) is 0. The first-order chi connectivity index (χ1) is 6.84. The average molecular weight is 197 g/mol. The molecule has 0 atom stereocenters. The van der Waals surface area contributed by atoms with Gasteiger partial charge in [0, 0.05) is 6.20 Å². The van der Waals surface area contributed by atoms with Crippen LogP contribution in [0.5, 0.6) is 0 Å². The number of allylic oxidation sites excluding steroid dienone is 1. The number of cyclic esters (lactones) is 1. The van der Waals surface area contributed by atoms with Gasteiger partial charge in [-0.1, -0.05) is 32.3 Å². The number of amides is 1. The molecule has 1 aliphatic rings. The van der Waals surface area contributed by atoms with Crippen LogP contribution in [0.1, 0.15) is 39.0 Å². The van der Waals surface area contributed by atoms with E-state index in [4.69, 9.17) is 4.74 Å². The van der Waals surface area contributed by atoms with Crippen molar-refractivity contribution in [3.8, 4) is 0 Å². The van der Waals surface area contributed by atoms with Gasteiger partial charge in [0.1, 0.15) is 6.61 Å². The van der Waals surface area contributed by atoms with E-state index in [0.29, 0.717) is 13.2 Å². The molecule has 0 aromatic rings. The zero-order valence-corrected chi connectivity index (χ0v) is 8.87. The Morgan fingerprint density at radius 2 is 2.29 bits per heavy atom. The van der Waals surface area contributed by atoms with Crippen LogP contribution < -0.4 is 0 Å². The number of hydrogen-bond donors (Lipinski definition) is 0. The Hall–Kier alpha value is -0.990. The maximum atomic E-state index is 11.0. The van der Waals surface area contributed by atoms with Crippen LogP contribution in [0.15, 0.2) is 12.3 Å². The number of rotatable bonds is 6. The minimum Gasteiger partial charge on any atom is -0.447 e. The molecule has 0 aliphatic carbocycles. The normalized spacial score (nSPS) is 16.6. The third-order valence-corrected chi connectivity index (χ3v) is 2.30. The molecule has 14 heavy (non-hydrogen) atoms. The SMILES string of the molecule is CCCCCC/C=C\N1CCOC1=O. The van der Waals surface area contributed by atoms with Crippen LogP contribution in [0.4, 0.5) is 4.79 Å². The molecular weight excluding hydrogens is 178 g/mol. The standard InChI is InChI=1S/C11H19NO2/c1-2-3-4-5-6-7-8-12-9-10-14-11(12)13/h7-8H,2-6,9-10H2,1H3/b8-7-. The van der Waals surface area contributed by atoms with E-state index in [9.17, 15) is 4.79 Å². The topological polar surface area (TPSA) is 29.5 Å². The molecule has 0 radical (unpaired) electrons. The maximum absolute atomic E-state index is 11.0. The Morgan fingerprint density at radius 3 is 2.93 bits per heavy atom. The van der Waals surface area contributed by atoms with Crippen molar-refractivity contribution in [2.75, 3.05) is 13.2 Å². The predicted molar refractivity (Wildman–Crippen MR) is 56.0 cm³/mol. The molecule has 0 saturated carbocycles. The number of carbonyl (C=O) groups is 1. The van der Waals surface area contributed by atoms with E-state index in [1.807, 2.05) is 6.20 Å². The molecule has 0 spiro atoms. The molecule has 1 fully saturated rings. The first kappa shape index (κ1) is 11.1. The Morgan fingerprint density at radius 1 is 1.43 bits per heavy atom. The van der Waals surface area contributed by atoms with Crippen LogP contribution in [-0.4, -0.2) is 24.1 Å². The summed E-state index contributed by atoms with van der Waals surface area (Å²) in [5, 5.41) is 0. The number of carbonyl (C=O) groups excluding carboxylic acids is 1. The summed E-state index contributed by atoms with van der Waals surface area (Å²) in [6.45, 7) is 3.43. The fourth-order valence-electron chi connectivity index (χ4n) is 1.43. The van der Waals surface area contributed by atoms with Crippen molar-refractivity contribution in [3.05, 3.63) is 12.3 Å². The van der Waals surface area contributed by atoms with Crippen LogP contribution in [0, 0.1) is 0 Å². The molecule has 1 saturated heterocycles. The molecule has 80 valence electrons. The lowest BCUT2D eigenvalue weighted by molar-refractivity contribution is 0.166. The van der Waals surface area contributed by atoms with Gasteiger partial charge in [0.15, 0.2) is 0 Å². The average Bonchev–Trinajstić information content (AvgIpc) is 2.58. The van der Waals surface area contributed by atoms with Crippen molar-refractivity contribution in [2.45, 2.75) is 39.0 Å². The second kappa shape index (κ2) is 6.46. The highest BCUT2D eigenvalue weighted by Gasteiger charge is 2.18. The quantitative estimate of drug-likeness (QED) is 0.613. The summed E-state index contributed by atoms with van der Waals surface area (Å²) < 4.78 is 4.80. The number of nitrogens with zero attached hydrogens (tertiary/aromatic N) is 1. The van der Waals surface area contributed by atoms with Gasteiger partial charge >= 0.3 is 6.09 Å². The monoisotopic (exact) mass is 197 g/mol. The van der Waals surface area contributed by atoms with Gasteiger partial charge in [-0.05, 0) is 12.8 Å². The first-order valence-electron chi connectivity index (χ1n) is 5.44. The van der Waals surface area contributed by atoms with E-state index in [0.717, 1.165) is 6.42 Å². The van der Waals surface area contributed by atoms with E-state index in [1.165, 1.54) is 25.7 Å². The van der Waals surface area contributed by atoms with E-state index in [-0.39, 0.29) is 6.09 Å². The zero-order chi connectivity index (χ0) is 10.2. The highest BCUT2D eigenvalue weighted by atomic mass is 16.6. The van der Waals surface area contributed by atoms with Crippen LogP contribution in [0.25, 0.3) is 0 Å². The molecular formula is C11H19NO2. The zero-order valence-electron chi connectivity index (χ0n) is 8.87. The predicted octanol–water partition coefficient (Wildman–Crippen LogP) is 2.92. The third kappa shape index (κ3) is 3.81. The van der Waals surface area contributed by atoms with Gasteiger partial charge in [-0.25, -0.2) is 4.79 Å². The van der Waals surface area contributed by atoms with Crippen molar-refractivity contribution in [1.29, 1.82) is 0 Å². The highest BCUT2D eigenvalue weighted by Crippen LogP contribution is 2.06. The van der Waals surface area contributed by atoms with Crippen molar-refractivity contribution < 1.29 is 9.53 Å². The summed E-state index contributed by atoms with van der Waals surface area (Å²) in [5.74, 6) is 0. The summed E-state index contributed by atoms with van der Waals surface area (Å²) in [6, 6.07) is 0. The van der Waals surface area contributed by atoms with E-state index in [2.05, 4.69) is 13.0 Å². The molecule has 1 aliphatic heterocycles. The summed E-state index contributed by atoms with van der Waals surface area (Å²) in [6.07, 6.45) is 9.82. The Balaban J connectivity index is 2.05. The van der Waals surface area contributed by atoms with Gasteiger partial charge in [-0.2, -0.15) is 0 Å². The molecule has 1 rings (SSSR count). The van der Waals surface area contributed by atoms with Gasteiger partial charge in [0.2, 0.25) is 0 Å². The summed E-state index contributed by atoms with van der Waals surface area (Å²) >= 11 is 0. The van der Waals surface area contributed by atoms with Crippen LogP contribution in [-0.2, 0) is 4.74 Å². The van der Waals surface area contributed by atoms with Gasteiger partial charge in [0.25, 0.3) is 0 Å². The largest absolute Gasteiger partial charge is 0.447 e. The molecule has 0 aromatic carbocycles. The van der Waals surface area contributed by atoms with Crippen molar-refractivity contribution in [1.82, 2.24) is 4.90 Å². The summed E-state index contributed by atoms with van der Waals surface area (Å²) in [7, 11) is 0. The Labute approximate surface area is 85.7 Å². The molecule has 0 N–H and O–H groups in total. The number of ether oxygens (including phenoxy) is 1. The van der Waals surface area contributed by atoms with E-state index >= 15 is 0 Å². The van der Waals surface area contributed by atoms with Crippen molar-refractivity contribution >= 4 is 6.09 Å². The lowest BCUT2D eigenvalue weighted by Crippen LogP contribution is -2.16. The lowest BCUT2D eigenvalue weighted by Gasteiger charge is -2.04.